The number of methoxy groups -OCH3 is 5. The molecule has 4 rings (SSSR count). The second kappa shape index (κ2) is 28.2. The van der Waals surface area contributed by atoms with Gasteiger partial charge in [-0.2, -0.15) is 0 Å². The summed E-state index contributed by atoms with van der Waals surface area (Å²) >= 11 is 0. The van der Waals surface area contributed by atoms with E-state index in [1.54, 1.807) is 14.2 Å². The molecule has 8 N–H and O–H groups in total. The van der Waals surface area contributed by atoms with Crippen LogP contribution in [-0.2, 0) is 23.7 Å². The van der Waals surface area contributed by atoms with Crippen LogP contribution in [0.25, 0.3) is 0 Å². The zero-order chi connectivity index (χ0) is 34.4. The highest BCUT2D eigenvalue weighted by Gasteiger charge is 2.35. The maximum atomic E-state index is 5.42. The topological polar surface area (TPSA) is 172 Å². The van der Waals surface area contributed by atoms with Gasteiger partial charge in [0.15, 0.2) is 0 Å². The van der Waals surface area contributed by atoms with Gasteiger partial charge in [-0.1, -0.05) is 76.2 Å². The van der Waals surface area contributed by atoms with Crippen molar-refractivity contribution in [2.24, 2.45) is 65.1 Å². The van der Waals surface area contributed by atoms with Crippen LogP contribution >= 0.6 is 0 Å². The van der Waals surface area contributed by atoms with Crippen molar-refractivity contribution in [1.82, 2.24) is 0 Å². The van der Waals surface area contributed by atoms with E-state index in [0.29, 0.717) is 42.4 Å². The summed E-state index contributed by atoms with van der Waals surface area (Å²) in [7, 11) is 9.12. The van der Waals surface area contributed by atoms with Gasteiger partial charge in [-0.3, -0.25) is 0 Å². The number of rotatable bonds is 5. The van der Waals surface area contributed by atoms with Crippen LogP contribution < -0.4 is 0 Å². The Morgan fingerprint density at radius 1 is 0.245 bits per heavy atom. The van der Waals surface area contributed by atoms with Crippen molar-refractivity contribution in [3.63, 3.8) is 0 Å². The van der Waals surface area contributed by atoms with Crippen LogP contribution in [0.3, 0.4) is 0 Å². The average molecular weight is 713 g/mol. The molecular weight excluding hydrogens is 624 g/mol. The van der Waals surface area contributed by atoms with E-state index in [4.69, 9.17) is 23.7 Å². The van der Waals surface area contributed by atoms with Gasteiger partial charge in [0.25, 0.3) is 0 Å². The minimum Gasteiger partial charge on any atom is -0.412 e. The Morgan fingerprint density at radius 2 is 0.388 bits per heavy atom. The molecule has 0 aromatic carbocycles. The second-order valence-corrected chi connectivity index (χ2v) is 16.0. The predicted octanol–water partition coefficient (Wildman–Crippen LogP) is 6.89. The highest BCUT2D eigenvalue weighted by Crippen LogP contribution is 2.37. The quantitative estimate of drug-likeness (QED) is 0.301. The first-order chi connectivity index (χ1) is 21.2. The van der Waals surface area contributed by atoms with Gasteiger partial charge < -0.3 is 45.6 Å². The minimum atomic E-state index is 0. The van der Waals surface area contributed by atoms with E-state index in [1.165, 1.54) is 38.5 Å². The molecule has 9 heteroatoms. The van der Waals surface area contributed by atoms with E-state index < -0.39 is 0 Å². The van der Waals surface area contributed by atoms with Crippen LogP contribution in [0, 0.1) is 65.1 Å². The Hall–Kier alpha value is -0.360. The van der Waals surface area contributed by atoms with Crippen LogP contribution in [-0.4, -0.2) is 88.0 Å². The molecule has 4 saturated carbocycles. The van der Waals surface area contributed by atoms with Crippen LogP contribution in [0.15, 0.2) is 0 Å². The molecule has 302 valence electrons. The molecule has 0 aromatic heterocycles. The molecule has 0 heterocycles. The molecule has 0 bridgehead atoms. The highest BCUT2D eigenvalue weighted by molar-refractivity contribution is 4.85. The fourth-order valence-corrected chi connectivity index (χ4v) is 8.62. The maximum absolute atomic E-state index is 5.42. The van der Waals surface area contributed by atoms with E-state index in [1.807, 2.05) is 21.3 Å². The largest absolute Gasteiger partial charge is 0.412 e. The lowest BCUT2D eigenvalue weighted by molar-refractivity contribution is -0.0643. The van der Waals surface area contributed by atoms with Crippen molar-refractivity contribution in [1.29, 1.82) is 0 Å². The Balaban J connectivity index is -0.000000268. The second-order valence-electron chi connectivity index (χ2n) is 16.0. The third-order valence-electron chi connectivity index (χ3n) is 13.9. The lowest BCUT2D eigenvalue weighted by Crippen LogP contribution is -2.39. The van der Waals surface area contributed by atoms with Crippen molar-refractivity contribution < 1.29 is 45.6 Å². The third-order valence-corrected chi connectivity index (χ3v) is 13.9. The van der Waals surface area contributed by atoms with E-state index in [9.17, 15) is 0 Å². The van der Waals surface area contributed by atoms with Gasteiger partial charge in [-0.05, 0) is 116 Å². The van der Waals surface area contributed by atoms with Gasteiger partial charge in [-0.15, -0.1) is 0 Å². The molecule has 0 aromatic rings. The molecule has 4 aliphatic rings. The molecule has 0 spiro atoms. The van der Waals surface area contributed by atoms with Gasteiger partial charge >= 0.3 is 0 Å². The highest BCUT2D eigenvalue weighted by atomic mass is 16.5. The third kappa shape index (κ3) is 16.5. The summed E-state index contributed by atoms with van der Waals surface area (Å²) in [6.07, 6.45) is 12.5. The fourth-order valence-electron chi connectivity index (χ4n) is 8.62. The zero-order valence-electron chi connectivity index (χ0n) is 34.9. The summed E-state index contributed by atoms with van der Waals surface area (Å²) in [5.74, 6) is 8.60. The first-order valence-electron chi connectivity index (χ1n) is 18.8. The lowest BCUT2D eigenvalue weighted by atomic mass is 9.73. The smallest absolute Gasteiger partial charge is 0.0601 e. The number of hydrogen-bond acceptors (Lipinski definition) is 5. The first kappa shape index (κ1) is 55.4. The Labute approximate surface area is 303 Å². The van der Waals surface area contributed by atoms with Crippen molar-refractivity contribution >= 4 is 0 Å². The maximum Gasteiger partial charge on any atom is 0.0601 e. The molecule has 16 unspecified atom stereocenters. The van der Waals surface area contributed by atoms with Gasteiger partial charge in [0.2, 0.25) is 0 Å². The van der Waals surface area contributed by atoms with E-state index >= 15 is 0 Å². The van der Waals surface area contributed by atoms with E-state index in [0.717, 1.165) is 66.1 Å². The normalized spacial score (nSPS) is 41.4. The first-order valence-corrected chi connectivity index (χ1v) is 18.8. The SMILES string of the molecule is COC1CCC(C)C(C)C1C.COC1CCC(C)C(C)C1C.COC1CCC(C)C(C)C1C.COC1CCC(OC)C(C)C1C.O.O.O.O. The number of ether oxygens (including phenoxy) is 5. The summed E-state index contributed by atoms with van der Waals surface area (Å²) in [6, 6.07) is 0. The molecule has 4 aliphatic carbocycles. The Morgan fingerprint density at radius 3 is 0.551 bits per heavy atom. The predicted molar refractivity (Wildman–Crippen MR) is 206 cm³/mol. The van der Waals surface area contributed by atoms with E-state index in [-0.39, 0.29) is 21.9 Å². The molecule has 0 aliphatic heterocycles. The van der Waals surface area contributed by atoms with Crippen molar-refractivity contribution in [2.75, 3.05) is 35.5 Å². The fraction of sp³-hybridized carbons (Fsp3) is 1.00. The van der Waals surface area contributed by atoms with Crippen LogP contribution in [0.1, 0.15) is 128 Å². The lowest BCUT2D eigenvalue weighted by Gasteiger charge is -2.38. The zero-order valence-corrected chi connectivity index (χ0v) is 34.9. The molecule has 16 atom stereocenters. The van der Waals surface area contributed by atoms with Crippen molar-refractivity contribution in [2.45, 2.75) is 158 Å². The molecule has 4 fully saturated rings. The molecule has 0 amide bonds. The standard InChI is InChI=1S/C10H20O2.3C10H20O.4H2O/c1-7-8(2)10(12-4)6-5-9(7)11-3;3*1-7-5-6-10(11-4)9(3)8(7)2;;;;/h7-10H,5-6H2,1-4H3;3*7-10H,5-6H2,1-4H3;4*1H2. The monoisotopic (exact) mass is 713 g/mol. The van der Waals surface area contributed by atoms with Crippen LogP contribution in [0.2, 0.25) is 0 Å². The Kier molecular flexibility index (Phi) is 31.9. The van der Waals surface area contributed by atoms with Gasteiger partial charge in [0.05, 0.1) is 30.5 Å². The van der Waals surface area contributed by atoms with Crippen LogP contribution in [0.4, 0.5) is 0 Å². The Bertz CT molecular complexity index is 664. The number of hydrogen-bond donors (Lipinski definition) is 0. The summed E-state index contributed by atoms with van der Waals surface area (Å²) in [5, 5.41) is 0. The minimum absolute atomic E-state index is 0. The van der Waals surface area contributed by atoms with Gasteiger partial charge in [-0.25, -0.2) is 0 Å². The van der Waals surface area contributed by atoms with Gasteiger partial charge in [0.1, 0.15) is 0 Å². The molecule has 9 nitrogen and oxygen atoms in total. The average Bonchev–Trinajstić information content (AvgIpc) is 3.04. The van der Waals surface area contributed by atoms with Crippen molar-refractivity contribution in [3.05, 3.63) is 0 Å². The summed E-state index contributed by atoms with van der Waals surface area (Å²) in [5.41, 5.74) is 0. The van der Waals surface area contributed by atoms with Crippen LogP contribution in [0.5, 0.6) is 0 Å². The summed E-state index contributed by atoms with van der Waals surface area (Å²) in [4.78, 5) is 0. The molecule has 49 heavy (non-hydrogen) atoms. The summed E-state index contributed by atoms with van der Waals surface area (Å²) < 4.78 is 27.1. The molecule has 0 saturated heterocycles. The molecular formula is C40H88O9. The van der Waals surface area contributed by atoms with Gasteiger partial charge in [0, 0.05) is 35.5 Å². The summed E-state index contributed by atoms with van der Waals surface area (Å²) in [6.45, 7) is 25.6. The van der Waals surface area contributed by atoms with Crippen molar-refractivity contribution in [3.8, 4) is 0 Å². The van der Waals surface area contributed by atoms with E-state index in [2.05, 4.69) is 76.2 Å². The molecule has 0 radical (unpaired) electrons.